The Bertz CT molecular complexity index is 1730. The monoisotopic (exact) mass is 479 g/mol. The molecule has 172 valence electrons. The zero-order valence-electron chi connectivity index (χ0n) is 19.3. The molecule has 35 heavy (non-hydrogen) atoms. The number of ketones is 1. The first-order valence-corrected chi connectivity index (χ1v) is 11.8. The van der Waals surface area contributed by atoms with Gasteiger partial charge in [0.2, 0.25) is 0 Å². The number of hydrogen-bond acceptors (Lipinski definition) is 7. The highest BCUT2D eigenvalue weighted by molar-refractivity contribution is 7.17. The minimum atomic E-state index is 0.0637. The summed E-state index contributed by atoms with van der Waals surface area (Å²) in [6.45, 7) is 1.58. The maximum atomic E-state index is 11.8. The number of carbonyl (C=O) groups excluding carboxylic acids is 1. The molecule has 2 N–H and O–H groups in total. The maximum Gasteiger partial charge on any atom is 0.169 e. The van der Waals surface area contributed by atoms with Gasteiger partial charge >= 0.3 is 0 Å². The van der Waals surface area contributed by atoms with Crippen LogP contribution < -0.4 is 4.90 Å². The minimum Gasteiger partial charge on any atom is -0.376 e. The first-order valence-electron chi connectivity index (χ1n) is 11.0. The zero-order chi connectivity index (χ0) is 24.1. The number of rotatable bonds is 5. The molecule has 0 saturated carbocycles. The van der Waals surface area contributed by atoms with Gasteiger partial charge in [-0.1, -0.05) is 0 Å². The SMILES string of the molecule is CC(=O)c1ccc(-c2cncc3[nH]c(-c4n[nH]c5ncc(-c6cncc(N(C)C)c6)cc45)cc23)s1. The van der Waals surface area contributed by atoms with Crippen molar-refractivity contribution in [3.8, 4) is 33.0 Å². The molecule has 0 atom stereocenters. The van der Waals surface area contributed by atoms with Crippen LogP contribution in [0.25, 0.3) is 54.9 Å². The van der Waals surface area contributed by atoms with E-state index in [0.29, 0.717) is 5.65 Å². The van der Waals surface area contributed by atoms with Gasteiger partial charge in [0, 0.05) is 65.0 Å². The molecule has 0 saturated heterocycles. The third-order valence-electron chi connectivity index (χ3n) is 6.01. The lowest BCUT2D eigenvalue weighted by atomic mass is 10.1. The van der Waals surface area contributed by atoms with Gasteiger partial charge in [-0.25, -0.2) is 4.98 Å². The number of carbonyl (C=O) groups is 1. The minimum absolute atomic E-state index is 0.0637. The number of pyridine rings is 3. The van der Waals surface area contributed by atoms with Crippen molar-refractivity contribution < 1.29 is 4.79 Å². The normalized spacial score (nSPS) is 11.4. The summed E-state index contributed by atoms with van der Waals surface area (Å²) in [5, 5.41) is 9.55. The van der Waals surface area contributed by atoms with E-state index in [1.165, 1.54) is 11.3 Å². The lowest BCUT2D eigenvalue weighted by Crippen LogP contribution is -2.08. The molecule has 0 aliphatic carbocycles. The molecule has 0 aliphatic heterocycles. The van der Waals surface area contributed by atoms with Crippen molar-refractivity contribution in [1.82, 2.24) is 30.1 Å². The molecule has 0 amide bonds. The second-order valence-corrected chi connectivity index (χ2v) is 9.65. The molecule has 6 heterocycles. The van der Waals surface area contributed by atoms with Crippen LogP contribution in [-0.4, -0.2) is 50.0 Å². The highest BCUT2D eigenvalue weighted by Gasteiger charge is 2.16. The molecule has 0 bridgehead atoms. The largest absolute Gasteiger partial charge is 0.376 e. The number of thiophene rings is 1. The molecule has 9 heteroatoms. The quantitative estimate of drug-likeness (QED) is 0.314. The molecule has 0 fully saturated rings. The second kappa shape index (κ2) is 8.14. The van der Waals surface area contributed by atoms with Crippen molar-refractivity contribution in [2.75, 3.05) is 19.0 Å². The van der Waals surface area contributed by atoms with Crippen molar-refractivity contribution in [2.45, 2.75) is 6.92 Å². The molecule has 8 nitrogen and oxygen atoms in total. The highest BCUT2D eigenvalue weighted by Crippen LogP contribution is 2.36. The summed E-state index contributed by atoms with van der Waals surface area (Å²) in [4.78, 5) is 32.4. The molecule has 0 aliphatic rings. The Morgan fingerprint density at radius 2 is 1.77 bits per heavy atom. The molecule has 0 unspecified atom stereocenters. The van der Waals surface area contributed by atoms with Crippen molar-refractivity contribution in [3.05, 3.63) is 66.2 Å². The Kier molecular flexibility index (Phi) is 4.93. The third kappa shape index (κ3) is 3.66. The number of nitrogens with zero attached hydrogens (tertiary/aromatic N) is 5. The van der Waals surface area contributed by atoms with Crippen LogP contribution >= 0.6 is 11.3 Å². The van der Waals surface area contributed by atoms with Gasteiger partial charge in [0.15, 0.2) is 11.4 Å². The van der Waals surface area contributed by atoms with Crippen molar-refractivity contribution in [3.63, 3.8) is 0 Å². The van der Waals surface area contributed by atoms with Crippen molar-refractivity contribution >= 4 is 44.7 Å². The summed E-state index contributed by atoms with van der Waals surface area (Å²) in [6.07, 6.45) is 9.15. The summed E-state index contributed by atoms with van der Waals surface area (Å²) in [7, 11) is 3.99. The summed E-state index contributed by atoms with van der Waals surface area (Å²) in [6, 6.07) is 10.1. The number of hydrogen-bond donors (Lipinski definition) is 2. The molecular formula is C26H21N7OS. The van der Waals surface area contributed by atoms with E-state index in [0.717, 1.165) is 59.8 Å². The van der Waals surface area contributed by atoms with Crippen LogP contribution in [0.1, 0.15) is 16.6 Å². The van der Waals surface area contributed by atoms with Crippen LogP contribution in [0, 0.1) is 0 Å². The first-order chi connectivity index (χ1) is 17.0. The van der Waals surface area contributed by atoms with Gasteiger partial charge in [0.1, 0.15) is 5.69 Å². The van der Waals surface area contributed by atoms with E-state index >= 15 is 0 Å². The van der Waals surface area contributed by atoms with Crippen LogP contribution in [0.2, 0.25) is 0 Å². The number of Topliss-reactive ketones (excluding diaryl/α,β-unsaturated/α-hetero) is 1. The van der Waals surface area contributed by atoms with Gasteiger partial charge in [-0.2, -0.15) is 5.10 Å². The van der Waals surface area contributed by atoms with Crippen LogP contribution in [-0.2, 0) is 0 Å². The number of anilines is 1. The molecule has 6 aromatic rings. The van der Waals surface area contributed by atoms with Gasteiger partial charge in [-0.3, -0.25) is 19.9 Å². The fourth-order valence-corrected chi connectivity index (χ4v) is 5.07. The average molecular weight is 480 g/mol. The topological polar surface area (TPSA) is 103 Å². The second-order valence-electron chi connectivity index (χ2n) is 8.57. The maximum absolute atomic E-state index is 11.8. The van der Waals surface area contributed by atoms with Gasteiger partial charge in [-0.15, -0.1) is 11.3 Å². The lowest BCUT2D eigenvalue weighted by Gasteiger charge is -2.12. The van der Waals surface area contributed by atoms with Crippen LogP contribution in [0.4, 0.5) is 5.69 Å². The Balaban J connectivity index is 1.46. The number of fused-ring (bicyclic) bond motifs is 2. The number of aromatic nitrogens is 6. The number of H-pyrrole nitrogens is 2. The van der Waals surface area contributed by atoms with Crippen LogP contribution in [0.15, 0.2) is 61.3 Å². The Morgan fingerprint density at radius 1 is 0.943 bits per heavy atom. The first kappa shape index (κ1) is 21.2. The third-order valence-corrected chi connectivity index (χ3v) is 7.23. The molecule has 0 spiro atoms. The number of aromatic amines is 2. The van der Waals surface area contributed by atoms with Gasteiger partial charge in [0.25, 0.3) is 0 Å². The Hall–Kier alpha value is -4.37. The van der Waals surface area contributed by atoms with E-state index in [4.69, 9.17) is 0 Å². The molecular weight excluding hydrogens is 458 g/mol. The smallest absolute Gasteiger partial charge is 0.169 e. The molecule has 6 rings (SSSR count). The molecule has 0 aromatic carbocycles. The average Bonchev–Trinajstić information content (AvgIpc) is 3.61. The summed E-state index contributed by atoms with van der Waals surface area (Å²) in [5.74, 6) is 0.0637. The highest BCUT2D eigenvalue weighted by atomic mass is 32.1. The lowest BCUT2D eigenvalue weighted by molar-refractivity contribution is 0.102. The van der Waals surface area contributed by atoms with Gasteiger partial charge in [0.05, 0.1) is 34.2 Å². The van der Waals surface area contributed by atoms with Crippen LogP contribution in [0.5, 0.6) is 0 Å². The summed E-state index contributed by atoms with van der Waals surface area (Å²) < 4.78 is 0. The molecule has 0 radical (unpaired) electrons. The van der Waals surface area contributed by atoms with Crippen molar-refractivity contribution in [2.24, 2.45) is 0 Å². The van der Waals surface area contributed by atoms with E-state index in [-0.39, 0.29) is 5.78 Å². The van der Waals surface area contributed by atoms with E-state index in [1.807, 2.05) is 55.9 Å². The zero-order valence-corrected chi connectivity index (χ0v) is 20.1. The predicted octanol–water partition coefficient (Wildman–Crippen LogP) is 5.56. The van der Waals surface area contributed by atoms with E-state index in [1.54, 1.807) is 13.1 Å². The predicted molar refractivity (Wildman–Crippen MR) is 140 cm³/mol. The van der Waals surface area contributed by atoms with E-state index < -0.39 is 0 Å². The van der Waals surface area contributed by atoms with E-state index in [2.05, 4.69) is 48.3 Å². The summed E-state index contributed by atoms with van der Waals surface area (Å²) in [5.41, 5.74) is 7.21. The standard InChI is InChI=1S/C26H21N7OS/c1-14(34)23-4-5-24(35-23)20-12-28-13-22-18(20)8-21(30-22)25-19-7-16(10-29-26(19)32-31-25)15-6-17(33(2)3)11-27-9-15/h4-13,30H,1-3H3,(H,29,31,32). The Morgan fingerprint density at radius 3 is 2.57 bits per heavy atom. The fraction of sp³-hybridized carbons (Fsp3) is 0.115. The number of nitrogens with one attached hydrogen (secondary N) is 2. The summed E-state index contributed by atoms with van der Waals surface area (Å²) >= 11 is 1.48. The fourth-order valence-electron chi connectivity index (χ4n) is 4.14. The van der Waals surface area contributed by atoms with Crippen LogP contribution in [0.3, 0.4) is 0 Å². The Labute approximate surface area is 204 Å². The van der Waals surface area contributed by atoms with Gasteiger partial charge < -0.3 is 9.88 Å². The van der Waals surface area contributed by atoms with Gasteiger partial charge in [-0.05, 0) is 37.3 Å². The van der Waals surface area contributed by atoms with E-state index in [9.17, 15) is 4.79 Å². The van der Waals surface area contributed by atoms with Crippen molar-refractivity contribution in [1.29, 1.82) is 0 Å². The molecule has 6 aromatic heterocycles.